The summed E-state index contributed by atoms with van der Waals surface area (Å²) < 4.78 is 10.8. The van der Waals surface area contributed by atoms with Crippen molar-refractivity contribution in [1.82, 2.24) is 5.32 Å². The van der Waals surface area contributed by atoms with Gasteiger partial charge in [-0.15, -0.1) is 0 Å². The maximum atomic E-state index is 12.3. The molecule has 3 rings (SSSR count). The number of carbonyl (C=O) groups is 1. The third-order valence-corrected chi connectivity index (χ3v) is 4.12. The zero-order valence-electron chi connectivity index (χ0n) is 14.3. The highest BCUT2D eigenvalue weighted by molar-refractivity contribution is 6.01. The molecule has 0 aliphatic carbocycles. The van der Waals surface area contributed by atoms with Gasteiger partial charge in [-0.05, 0) is 31.4 Å². The molecule has 1 aliphatic heterocycles. The summed E-state index contributed by atoms with van der Waals surface area (Å²) in [5.74, 6) is 0. The van der Waals surface area contributed by atoms with Gasteiger partial charge in [-0.1, -0.05) is 19.1 Å². The summed E-state index contributed by atoms with van der Waals surface area (Å²) in [4.78, 5) is 24.5. The molecule has 7 heteroatoms. The van der Waals surface area contributed by atoms with E-state index in [1.807, 2.05) is 19.1 Å². The fraction of sp³-hybridized carbons (Fsp3) is 0.444. The minimum absolute atomic E-state index is 0.0384. The molecule has 1 aromatic heterocycles. The Bertz CT molecular complexity index is 796. The molecule has 1 aliphatic rings. The van der Waals surface area contributed by atoms with Gasteiger partial charge in [-0.2, -0.15) is 0 Å². The molecule has 0 spiro atoms. The minimum Gasteiger partial charge on any atom is -0.421 e. The molecule has 3 N–H and O–H groups in total. The number of benzene rings is 1. The normalized spacial score (nSPS) is 16.8. The van der Waals surface area contributed by atoms with Crippen molar-refractivity contribution in [3.8, 4) is 0 Å². The highest BCUT2D eigenvalue weighted by atomic mass is 16.5. The van der Waals surface area contributed by atoms with Crippen LogP contribution < -0.4 is 21.6 Å². The van der Waals surface area contributed by atoms with Crippen LogP contribution in [0, 0.1) is 0 Å². The summed E-state index contributed by atoms with van der Waals surface area (Å²) in [7, 11) is 0. The highest BCUT2D eigenvalue weighted by Gasteiger charge is 2.19. The lowest BCUT2D eigenvalue weighted by molar-refractivity contribution is 0.112. The topological polar surface area (TPSA) is 92.6 Å². The van der Waals surface area contributed by atoms with Crippen molar-refractivity contribution in [3.05, 3.63) is 34.7 Å². The van der Waals surface area contributed by atoms with Crippen molar-refractivity contribution in [3.63, 3.8) is 0 Å². The van der Waals surface area contributed by atoms with Crippen molar-refractivity contribution < 1.29 is 13.9 Å². The monoisotopic (exact) mass is 345 g/mol. The molecule has 0 bridgehead atoms. The van der Waals surface area contributed by atoms with E-state index in [1.165, 1.54) is 0 Å². The molecule has 134 valence electrons. The Morgan fingerprint density at radius 1 is 1.28 bits per heavy atom. The van der Waals surface area contributed by atoms with E-state index in [4.69, 9.17) is 9.15 Å². The molecule has 1 aromatic carbocycles. The first kappa shape index (κ1) is 17.3. The van der Waals surface area contributed by atoms with Gasteiger partial charge in [0.1, 0.15) is 5.58 Å². The second-order valence-corrected chi connectivity index (χ2v) is 6.03. The molecule has 2 amide bonds. The van der Waals surface area contributed by atoms with E-state index in [1.54, 1.807) is 12.1 Å². The molecule has 1 saturated heterocycles. The number of amides is 2. The Balaban J connectivity index is 1.82. The SMILES string of the molecule is CCCNc1c(NC(=O)NC[C@H]2CCCO2)c(=O)oc2ccccc12. The van der Waals surface area contributed by atoms with Gasteiger partial charge in [-0.3, -0.25) is 5.32 Å². The van der Waals surface area contributed by atoms with Gasteiger partial charge in [0.05, 0.1) is 11.8 Å². The van der Waals surface area contributed by atoms with E-state index in [0.717, 1.165) is 31.3 Å². The van der Waals surface area contributed by atoms with Crippen LogP contribution in [0.5, 0.6) is 0 Å². The van der Waals surface area contributed by atoms with Gasteiger partial charge < -0.3 is 19.8 Å². The van der Waals surface area contributed by atoms with Gasteiger partial charge in [0.15, 0.2) is 5.69 Å². The van der Waals surface area contributed by atoms with Crippen LogP contribution in [0.1, 0.15) is 26.2 Å². The summed E-state index contributed by atoms with van der Waals surface area (Å²) in [5.41, 5.74) is 0.610. The first-order valence-corrected chi connectivity index (χ1v) is 8.65. The summed E-state index contributed by atoms with van der Waals surface area (Å²) in [6.45, 7) is 3.86. The number of ether oxygens (including phenoxy) is 1. The lowest BCUT2D eigenvalue weighted by Crippen LogP contribution is -2.36. The molecule has 2 heterocycles. The van der Waals surface area contributed by atoms with Crippen LogP contribution in [0.2, 0.25) is 0 Å². The predicted molar refractivity (Wildman–Crippen MR) is 97.3 cm³/mol. The number of urea groups is 1. The van der Waals surface area contributed by atoms with Crippen LogP contribution in [0.15, 0.2) is 33.5 Å². The summed E-state index contributed by atoms with van der Waals surface area (Å²) in [5, 5.41) is 9.35. The second kappa shape index (κ2) is 8.02. The fourth-order valence-corrected chi connectivity index (χ4v) is 2.87. The number of hydrogen-bond acceptors (Lipinski definition) is 5. The third kappa shape index (κ3) is 4.11. The Hall–Kier alpha value is -2.54. The molecule has 1 fully saturated rings. The van der Waals surface area contributed by atoms with Crippen molar-refractivity contribution in [2.24, 2.45) is 0 Å². The number of para-hydroxylation sites is 1. The Morgan fingerprint density at radius 2 is 2.12 bits per heavy atom. The van der Waals surface area contributed by atoms with E-state index in [-0.39, 0.29) is 11.8 Å². The number of fused-ring (bicyclic) bond motifs is 1. The lowest BCUT2D eigenvalue weighted by atomic mass is 10.2. The summed E-state index contributed by atoms with van der Waals surface area (Å²) >= 11 is 0. The predicted octanol–water partition coefficient (Wildman–Crippen LogP) is 2.92. The lowest BCUT2D eigenvalue weighted by Gasteiger charge is -2.15. The zero-order chi connectivity index (χ0) is 17.6. The van der Waals surface area contributed by atoms with Gasteiger partial charge in [0.25, 0.3) is 0 Å². The van der Waals surface area contributed by atoms with Crippen LogP contribution in [-0.2, 0) is 4.74 Å². The molecular weight excluding hydrogens is 322 g/mol. The molecule has 7 nitrogen and oxygen atoms in total. The maximum absolute atomic E-state index is 12.3. The number of nitrogens with one attached hydrogen (secondary N) is 3. The Labute approximate surface area is 145 Å². The molecule has 0 unspecified atom stereocenters. The van der Waals surface area contributed by atoms with Gasteiger partial charge >= 0.3 is 11.7 Å². The van der Waals surface area contributed by atoms with Crippen LogP contribution in [0.25, 0.3) is 11.0 Å². The standard InChI is InChI=1S/C18H23N3O4/c1-2-9-19-15-13-7-3-4-8-14(13)25-17(22)16(15)21-18(23)20-11-12-6-5-10-24-12/h3-4,7-8,12,19H,2,5-6,9-11H2,1H3,(H2,20,21,23)/t12-/m1/s1. The average Bonchev–Trinajstić information content (AvgIpc) is 3.13. The highest BCUT2D eigenvalue weighted by Crippen LogP contribution is 2.28. The average molecular weight is 345 g/mol. The van der Waals surface area contributed by atoms with E-state index < -0.39 is 11.7 Å². The van der Waals surface area contributed by atoms with E-state index in [0.29, 0.717) is 24.4 Å². The number of rotatable bonds is 6. The fourth-order valence-electron chi connectivity index (χ4n) is 2.87. The van der Waals surface area contributed by atoms with Gasteiger partial charge in [0, 0.05) is 25.1 Å². The van der Waals surface area contributed by atoms with Crippen LogP contribution in [-0.4, -0.2) is 31.8 Å². The molecule has 0 radical (unpaired) electrons. The van der Waals surface area contributed by atoms with Crippen molar-refractivity contribution in [2.75, 3.05) is 30.3 Å². The maximum Gasteiger partial charge on any atom is 0.362 e. The van der Waals surface area contributed by atoms with Crippen molar-refractivity contribution in [1.29, 1.82) is 0 Å². The first-order chi connectivity index (χ1) is 12.2. The molecule has 25 heavy (non-hydrogen) atoms. The van der Waals surface area contributed by atoms with E-state index in [2.05, 4.69) is 16.0 Å². The van der Waals surface area contributed by atoms with E-state index >= 15 is 0 Å². The molecule has 0 saturated carbocycles. The van der Waals surface area contributed by atoms with Crippen LogP contribution >= 0.6 is 0 Å². The number of carbonyl (C=O) groups excluding carboxylic acids is 1. The first-order valence-electron chi connectivity index (χ1n) is 8.65. The number of anilines is 2. The van der Waals surface area contributed by atoms with Crippen molar-refractivity contribution >= 4 is 28.4 Å². The Morgan fingerprint density at radius 3 is 2.88 bits per heavy atom. The number of hydrogen-bond donors (Lipinski definition) is 3. The molecule has 2 aromatic rings. The summed E-state index contributed by atoms with van der Waals surface area (Å²) in [6, 6.07) is 6.80. The smallest absolute Gasteiger partial charge is 0.362 e. The Kier molecular flexibility index (Phi) is 5.55. The van der Waals surface area contributed by atoms with Crippen molar-refractivity contribution in [2.45, 2.75) is 32.3 Å². The third-order valence-electron chi connectivity index (χ3n) is 4.12. The largest absolute Gasteiger partial charge is 0.421 e. The molecular formula is C18H23N3O4. The van der Waals surface area contributed by atoms with Crippen LogP contribution in [0.4, 0.5) is 16.2 Å². The summed E-state index contributed by atoms with van der Waals surface area (Å²) in [6.07, 6.45) is 2.87. The van der Waals surface area contributed by atoms with E-state index in [9.17, 15) is 9.59 Å². The van der Waals surface area contributed by atoms with Gasteiger partial charge in [-0.25, -0.2) is 9.59 Å². The van der Waals surface area contributed by atoms with Crippen LogP contribution in [0.3, 0.4) is 0 Å². The minimum atomic E-state index is -0.579. The zero-order valence-corrected chi connectivity index (χ0v) is 14.3. The molecule has 1 atom stereocenters. The quantitative estimate of drug-likeness (QED) is 0.700. The second-order valence-electron chi connectivity index (χ2n) is 6.03. The van der Waals surface area contributed by atoms with Gasteiger partial charge in [0.2, 0.25) is 0 Å².